The van der Waals surface area contributed by atoms with E-state index in [0.717, 1.165) is 29.9 Å². The van der Waals surface area contributed by atoms with Crippen LogP contribution < -0.4 is 5.32 Å². The number of aromatic nitrogens is 1. The Balaban J connectivity index is 1.63. The molecule has 0 unspecified atom stereocenters. The molecule has 0 saturated carbocycles. The van der Waals surface area contributed by atoms with Gasteiger partial charge in [-0.3, -0.25) is 4.79 Å². The zero-order valence-electron chi connectivity index (χ0n) is 15.3. The van der Waals surface area contributed by atoms with E-state index in [1.807, 2.05) is 36.4 Å². The van der Waals surface area contributed by atoms with Gasteiger partial charge in [0.25, 0.3) is 0 Å². The summed E-state index contributed by atoms with van der Waals surface area (Å²) < 4.78 is 5.77. The van der Waals surface area contributed by atoms with E-state index in [-0.39, 0.29) is 5.91 Å². The molecule has 4 heteroatoms. The van der Waals surface area contributed by atoms with E-state index in [1.54, 1.807) is 6.20 Å². The second kappa shape index (κ2) is 8.48. The van der Waals surface area contributed by atoms with Crippen LogP contribution in [0.2, 0.25) is 0 Å². The van der Waals surface area contributed by atoms with Crippen LogP contribution in [-0.2, 0) is 24.1 Å². The summed E-state index contributed by atoms with van der Waals surface area (Å²) in [6, 6.07) is 16.0. The van der Waals surface area contributed by atoms with E-state index in [0.29, 0.717) is 18.7 Å². The number of carbonyl (C=O) groups excluding carboxylic acids is 1. The van der Waals surface area contributed by atoms with Crippen molar-refractivity contribution in [1.29, 1.82) is 0 Å². The summed E-state index contributed by atoms with van der Waals surface area (Å²) in [6.45, 7) is 4.20. The van der Waals surface area contributed by atoms with Gasteiger partial charge in [-0.25, -0.2) is 4.98 Å². The molecule has 0 aliphatic rings. The molecule has 0 fully saturated rings. The monoisotopic (exact) mass is 348 g/mol. The number of nitrogens with zero attached hydrogens (tertiary/aromatic N) is 1. The van der Waals surface area contributed by atoms with Crippen molar-refractivity contribution in [2.45, 2.75) is 39.5 Å². The van der Waals surface area contributed by atoms with Crippen LogP contribution in [0, 0.1) is 0 Å². The van der Waals surface area contributed by atoms with Crippen molar-refractivity contribution in [3.63, 3.8) is 0 Å². The Morgan fingerprint density at radius 1 is 1.00 bits per heavy atom. The molecule has 0 aliphatic heterocycles. The van der Waals surface area contributed by atoms with Gasteiger partial charge in [-0.05, 0) is 24.0 Å². The van der Waals surface area contributed by atoms with Crippen molar-refractivity contribution in [1.82, 2.24) is 4.98 Å². The highest BCUT2D eigenvalue weighted by molar-refractivity contribution is 5.92. The predicted molar refractivity (Wildman–Crippen MR) is 104 cm³/mol. The molecule has 3 aromatic rings. The zero-order chi connectivity index (χ0) is 18.4. The largest absolute Gasteiger partial charge is 0.441 e. The molecule has 0 aliphatic carbocycles. The first-order valence-corrected chi connectivity index (χ1v) is 9.12. The number of anilines is 1. The minimum atomic E-state index is -0.0138. The standard InChI is InChI=1S/C22H24N2O2/c1-3-16-11-8-12-17(4-2)22(16)24-20(25)13-14-21-23-15-19(26-21)18-9-6-5-7-10-18/h5-12,15H,3-4,13-14H2,1-2H3,(H,24,25). The number of aryl methyl sites for hydroxylation is 3. The Labute approximate surface area is 154 Å². The van der Waals surface area contributed by atoms with Crippen LogP contribution >= 0.6 is 0 Å². The zero-order valence-corrected chi connectivity index (χ0v) is 15.3. The Kier molecular flexibility index (Phi) is 5.84. The van der Waals surface area contributed by atoms with Gasteiger partial charge >= 0.3 is 0 Å². The number of oxazole rings is 1. The lowest BCUT2D eigenvalue weighted by Crippen LogP contribution is -2.15. The Bertz CT molecular complexity index is 847. The normalized spacial score (nSPS) is 10.7. The summed E-state index contributed by atoms with van der Waals surface area (Å²) >= 11 is 0. The van der Waals surface area contributed by atoms with Crippen molar-refractivity contribution < 1.29 is 9.21 Å². The highest BCUT2D eigenvalue weighted by atomic mass is 16.4. The van der Waals surface area contributed by atoms with Crippen molar-refractivity contribution in [2.24, 2.45) is 0 Å². The Morgan fingerprint density at radius 2 is 1.69 bits per heavy atom. The lowest BCUT2D eigenvalue weighted by Gasteiger charge is -2.14. The van der Waals surface area contributed by atoms with Gasteiger partial charge in [-0.15, -0.1) is 0 Å². The number of benzene rings is 2. The van der Waals surface area contributed by atoms with Crippen LogP contribution in [0.5, 0.6) is 0 Å². The molecular weight excluding hydrogens is 324 g/mol. The predicted octanol–water partition coefficient (Wildman–Crippen LogP) is 5.04. The Morgan fingerprint density at radius 3 is 2.35 bits per heavy atom. The van der Waals surface area contributed by atoms with E-state index in [1.165, 1.54) is 11.1 Å². The molecule has 3 rings (SSSR count). The molecule has 134 valence electrons. The third kappa shape index (κ3) is 4.20. The minimum absolute atomic E-state index is 0.0138. The molecule has 0 spiro atoms. The second-order valence-electron chi connectivity index (χ2n) is 6.19. The van der Waals surface area contributed by atoms with Gasteiger partial charge in [-0.1, -0.05) is 62.4 Å². The summed E-state index contributed by atoms with van der Waals surface area (Å²) in [5.74, 6) is 1.30. The van der Waals surface area contributed by atoms with Crippen LogP contribution in [0.4, 0.5) is 5.69 Å². The summed E-state index contributed by atoms with van der Waals surface area (Å²) in [5, 5.41) is 3.08. The van der Waals surface area contributed by atoms with Gasteiger partial charge in [-0.2, -0.15) is 0 Å². The number of rotatable bonds is 7. The van der Waals surface area contributed by atoms with E-state index in [9.17, 15) is 4.79 Å². The first-order chi connectivity index (χ1) is 12.7. The van der Waals surface area contributed by atoms with Crippen LogP contribution in [0.15, 0.2) is 59.1 Å². The lowest BCUT2D eigenvalue weighted by atomic mass is 10.0. The highest BCUT2D eigenvalue weighted by Gasteiger charge is 2.12. The fraction of sp³-hybridized carbons (Fsp3) is 0.273. The Hall–Kier alpha value is -2.88. The number of nitrogens with one attached hydrogen (secondary N) is 1. The van der Waals surface area contributed by atoms with Gasteiger partial charge in [0.1, 0.15) is 0 Å². The van der Waals surface area contributed by atoms with E-state index in [4.69, 9.17) is 4.42 Å². The summed E-state index contributed by atoms with van der Waals surface area (Å²) in [6.07, 6.45) is 4.32. The molecule has 0 bridgehead atoms. The van der Waals surface area contributed by atoms with E-state index < -0.39 is 0 Å². The summed E-state index contributed by atoms with van der Waals surface area (Å²) in [4.78, 5) is 16.7. The maximum absolute atomic E-state index is 12.4. The fourth-order valence-electron chi connectivity index (χ4n) is 2.99. The number of carbonyl (C=O) groups is 1. The van der Waals surface area contributed by atoms with Gasteiger partial charge in [0.15, 0.2) is 11.7 Å². The average Bonchev–Trinajstić information content (AvgIpc) is 3.16. The van der Waals surface area contributed by atoms with Crippen molar-refractivity contribution in [3.05, 3.63) is 71.7 Å². The third-order valence-corrected chi connectivity index (χ3v) is 4.44. The van der Waals surface area contributed by atoms with E-state index >= 15 is 0 Å². The molecule has 1 heterocycles. The van der Waals surface area contributed by atoms with Crippen LogP contribution in [-0.4, -0.2) is 10.9 Å². The second-order valence-corrected chi connectivity index (χ2v) is 6.19. The molecule has 2 aromatic carbocycles. The number of amides is 1. The van der Waals surface area contributed by atoms with Gasteiger partial charge in [0.05, 0.1) is 6.20 Å². The first kappa shape index (κ1) is 17.9. The van der Waals surface area contributed by atoms with Crippen molar-refractivity contribution >= 4 is 11.6 Å². The number of hydrogen-bond donors (Lipinski definition) is 1. The minimum Gasteiger partial charge on any atom is -0.441 e. The van der Waals surface area contributed by atoms with Gasteiger partial charge in [0, 0.05) is 24.1 Å². The fourth-order valence-corrected chi connectivity index (χ4v) is 2.99. The van der Waals surface area contributed by atoms with Crippen LogP contribution in [0.3, 0.4) is 0 Å². The lowest BCUT2D eigenvalue weighted by molar-refractivity contribution is -0.116. The third-order valence-electron chi connectivity index (χ3n) is 4.44. The molecule has 4 nitrogen and oxygen atoms in total. The number of hydrogen-bond acceptors (Lipinski definition) is 3. The SMILES string of the molecule is CCc1cccc(CC)c1NC(=O)CCc1ncc(-c2ccccc2)o1. The van der Waals surface area contributed by atoms with Gasteiger partial charge in [0.2, 0.25) is 5.91 Å². The summed E-state index contributed by atoms with van der Waals surface area (Å²) in [7, 11) is 0. The molecule has 26 heavy (non-hydrogen) atoms. The molecule has 1 N–H and O–H groups in total. The molecule has 1 aromatic heterocycles. The van der Waals surface area contributed by atoms with Gasteiger partial charge < -0.3 is 9.73 Å². The molecular formula is C22H24N2O2. The molecule has 1 amide bonds. The van der Waals surface area contributed by atoms with Crippen LogP contribution in [0.25, 0.3) is 11.3 Å². The topological polar surface area (TPSA) is 55.1 Å². The highest BCUT2D eigenvalue weighted by Crippen LogP contribution is 2.23. The van der Waals surface area contributed by atoms with Crippen molar-refractivity contribution in [2.75, 3.05) is 5.32 Å². The quantitative estimate of drug-likeness (QED) is 0.651. The maximum atomic E-state index is 12.4. The van der Waals surface area contributed by atoms with E-state index in [2.05, 4.69) is 36.3 Å². The van der Waals surface area contributed by atoms with Crippen LogP contribution in [0.1, 0.15) is 37.3 Å². The average molecular weight is 348 g/mol. The maximum Gasteiger partial charge on any atom is 0.224 e. The summed E-state index contributed by atoms with van der Waals surface area (Å²) in [5.41, 5.74) is 4.28. The molecule has 0 saturated heterocycles. The molecule has 0 radical (unpaired) electrons. The molecule has 0 atom stereocenters. The van der Waals surface area contributed by atoms with Crippen molar-refractivity contribution in [3.8, 4) is 11.3 Å². The number of para-hydroxylation sites is 1. The first-order valence-electron chi connectivity index (χ1n) is 9.12. The smallest absolute Gasteiger partial charge is 0.224 e.